The number of aliphatic hydroxyl groups excluding tert-OH is 2. The fourth-order valence-corrected chi connectivity index (χ4v) is 7.94. The van der Waals surface area contributed by atoms with Gasteiger partial charge in [-0.2, -0.15) is 0 Å². The van der Waals surface area contributed by atoms with Crippen LogP contribution < -0.4 is 5.32 Å². The first-order valence-corrected chi connectivity index (χ1v) is 25.4. The quantitative estimate of drug-likeness (QED) is 0.0323. The fraction of sp³-hybridized carbons (Fsp3) is 0.922. The number of aliphatic hydroxyl groups is 2. The Morgan fingerprint density at radius 1 is 0.491 bits per heavy atom. The molecule has 0 spiro atoms. The van der Waals surface area contributed by atoms with Crippen molar-refractivity contribution in [3.05, 3.63) is 12.2 Å². The predicted octanol–water partition coefficient (Wildman–Crippen LogP) is 15.0. The lowest BCUT2D eigenvalue weighted by Crippen LogP contribution is -2.46. The van der Waals surface area contributed by atoms with Crippen LogP contribution in [0.4, 0.5) is 0 Å². The largest absolute Gasteiger partial charge is 0.462 e. The van der Waals surface area contributed by atoms with Crippen LogP contribution in [0.15, 0.2) is 12.2 Å². The molecule has 0 aromatic carbocycles. The van der Waals surface area contributed by atoms with Crippen LogP contribution in [0, 0.1) is 0 Å². The fourth-order valence-electron chi connectivity index (χ4n) is 7.94. The zero-order chi connectivity index (χ0) is 41.7. The van der Waals surface area contributed by atoms with E-state index in [1.807, 2.05) is 0 Å². The highest BCUT2D eigenvalue weighted by atomic mass is 16.5. The van der Waals surface area contributed by atoms with Crippen molar-refractivity contribution in [2.24, 2.45) is 0 Å². The first-order valence-electron chi connectivity index (χ1n) is 25.4. The minimum Gasteiger partial charge on any atom is -0.462 e. The monoisotopic (exact) mass is 806 g/mol. The van der Waals surface area contributed by atoms with Crippen molar-refractivity contribution in [3.8, 4) is 0 Å². The van der Waals surface area contributed by atoms with Gasteiger partial charge in [0.15, 0.2) is 0 Å². The molecule has 0 aromatic heterocycles. The number of hydrogen-bond acceptors (Lipinski definition) is 5. The Bertz CT molecular complexity index is 863. The van der Waals surface area contributed by atoms with Gasteiger partial charge >= 0.3 is 5.97 Å². The number of hydrogen-bond donors (Lipinski definition) is 3. The lowest BCUT2D eigenvalue weighted by molar-refractivity contribution is -0.151. The average molecular weight is 806 g/mol. The Morgan fingerprint density at radius 2 is 0.860 bits per heavy atom. The second-order valence-corrected chi connectivity index (χ2v) is 17.6. The Morgan fingerprint density at radius 3 is 1.30 bits per heavy atom. The van der Waals surface area contributed by atoms with Crippen LogP contribution in [0.3, 0.4) is 0 Å². The van der Waals surface area contributed by atoms with Crippen LogP contribution in [0.5, 0.6) is 0 Å². The lowest BCUT2D eigenvalue weighted by Gasteiger charge is -2.24. The molecule has 0 aliphatic heterocycles. The van der Waals surface area contributed by atoms with E-state index >= 15 is 0 Å². The molecule has 0 radical (unpaired) electrons. The van der Waals surface area contributed by atoms with Crippen LogP contribution in [0.2, 0.25) is 0 Å². The van der Waals surface area contributed by atoms with Gasteiger partial charge in [-0.1, -0.05) is 232 Å². The Hall–Kier alpha value is -1.40. The molecule has 6 nitrogen and oxygen atoms in total. The first kappa shape index (κ1) is 55.6. The number of carbonyl (C=O) groups excluding carboxylic acids is 2. The van der Waals surface area contributed by atoms with Crippen LogP contribution in [0.1, 0.15) is 278 Å². The molecule has 0 aliphatic carbocycles. The molecule has 0 rings (SSSR count). The van der Waals surface area contributed by atoms with Gasteiger partial charge < -0.3 is 20.3 Å². The third-order valence-corrected chi connectivity index (χ3v) is 11.8. The van der Waals surface area contributed by atoms with E-state index in [1.165, 1.54) is 167 Å². The zero-order valence-electron chi connectivity index (χ0n) is 38.5. The summed E-state index contributed by atoms with van der Waals surface area (Å²) in [6, 6.07) is -0.698. The third kappa shape index (κ3) is 41.1. The highest BCUT2D eigenvalue weighted by Gasteiger charge is 2.24. The summed E-state index contributed by atoms with van der Waals surface area (Å²) in [5, 5.41) is 23.7. The van der Waals surface area contributed by atoms with Gasteiger partial charge in [-0.3, -0.25) is 9.59 Å². The molecule has 3 unspecified atom stereocenters. The molecule has 0 bridgehead atoms. The summed E-state index contributed by atoms with van der Waals surface area (Å²) in [6.07, 6.45) is 50.0. The molecule has 0 fully saturated rings. The number of esters is 1. The zero-order valence-corrected chi connectivity index (χ0v) is 38.5. The van der Waals surface area contributed by atoms with Crippen molar-refractivity contribution in [3.63, 3.8) is 0 Å². The average Bonchev–Trinajstić information content (AvgIpc) is 3.20. The number of nitrogens with one attached hydrogen (secondary N) is 1. The van der Waals surface area contributed by atoms with Crippen molar-refractivity contribution < 1.29 is 24.5 Å². The first-order chi connectivity index (χ1) is 28.0. The van der Waals surface area contributed by atoms with E-state index in [9.17, 15) is 19.8 Å². The SMILES string of the molecule is CCCC/C=C\CCCCCC(CC(=O)NC(CO)C(O)CCCCCCCCCCCCC)OC(=O)CCCCCCCCCCCCCCCCCCCC. The summed E-state index contributed by atoms with van der Waals surface area (Å²) in [7, 11) is 0. The minimum absolute atomic E-state index is 0.0729. The van der Waals surface area contributed by atoms with Crippen molar-refractivity contribution in [2.45, 2.75) is 296 Å². The summed E-state index contributed by atoms with van der Waals surface area (Å²) in [4.78, 5) is 26.0. The summed E-state index contributed by atoms with van der Waals surface area (Å²) in [5.41, 5.74) is 0. The molecule has 3 atom stereocenters. The van der Waals surface area contributed by atoms with Crippen molar-refractivity contribution in [1.29, 1.82) is 0 Å². The van der Waals surface area contributed by atoms with Gasteiger partial charge in [0.25, 0.3) is 0 Å². The topological polar surface area (TPSA) is 95.9 Å². The second-order valence-electron chi connectivity index (χ2n) is 17.6. The normalized spacial score (nSPS) is 13.3. The minimum atomic E-state index is -0.784. The molecular formula is C51H99NO5. The Balaban J connectivity index is 4.40. The van der Waals surface area contributed by atoms with Crippen LogP contribution in [-0.2, 0) is 14.3 Å². The van der Waals surface area contributed by atoms with Gasteiger partial charge in [-0.05, 0) is 44.9 Å². The number of allylic oxidation sites excluding steroid dienone is 2. The van der Waals surface area contributed by atoms with Gasteiger partial charge in [-0.15, -0.1) is 0 Å². The van der Waals surface area contributed by atoms with E-state index < -0.39 is 18.2 Å². The molecule has 57 heavy (non-hydrogen) atoms. The highest BCUT2D eigenvalue weighted by molar-refractivity contribution is 5.77. The number of carbonyl (C=O) groups is 2. The van der Waals surface area contributed by atoms with Gasteiger partial charge in [0.1, 0.15) is 6.10 Å². The van der Waals surface area contributed by atoms with Gasteiger partial charge in [-0.25, -0.2) is 0 Å². The standard InChI is InChI=1S/C51H99NO5/c1-4-7-10-13-16-19-21-22-23-24-25-26-27-29-32-35-38-41-44-51(56)57-47(42-39-36-33-30-18-15-12-9-6-3)45-50(55)52-48(46-53)49(54)43-40-37-34-31-28-20-17-14-11-8-5-2/h15,18,47-49,53-54H,4-14,16-17,19-46H2,1-3H3,(H,52,55)/b18-15-. The maximum Gasteiger partial charge on any atom is 0.306 e. The van der Waals surface area contributed by atoms with E-state index in [0.29, 0.717) is 19.3 Å². The predicted molar refractivity (Wildman–Crippen MR) is 246 cm³/mol. The van der Waals surface area contributed by atoms with E-state index in [4.69, 9.17) is 4.74 Å². The summed E-state index contributed by atoms with van der Waals surface area (Å²) < 4.78 is 5.91. The Labute approximate surface area is 355 Å². The highest BCUT2D eigenvalue weighted by Crippen LogP contribution is 2.18. The smallest absolute Gasteiger partial charge is 0.306 e. The van der Waals surface area contributed by atoms with E-state index in [-0.39, 0.29) is 24.9 Å². The van der Waals surface area contributed by atoms with E-state index in [0.717, 1.165) is 64.2 Å². The molecule has 0 aromatic rings. The molecule has 0 saturated carbocycles. The number of ether oxygens (including phenoxy) is 1. The Kier molecular flexibility index (Phi) is 44.6. The maximum atomic E-state index is 13.1. The molecule has 338 valence electrons. The number of rotatable bonds is 46. The van der Waals surface area contributed by atoms with Crippen molar-refractivity contribution in [1.82, 2.24) is 5.32 Å². The second kappa shape index (κ2) is 45.7. The van der Waals surface area contributed by atoms with Gasteiger partial charge in [0.2, 0.25) is 5.91 Å². The van der Waals surface area contributed by atoms with Gasteiger partial charge in [0.05, 0.1) is 25.2 Å². The van der Waals surface area contributed by atoms with Crippen LogP contribution in [-0.4, -0.2) is 46.9 Å². The summed E-state index contributed by atoms with van der Waals surface area (Å²) in [5.74, 6) is -0.477. The molecule has 0 heterocycles. The van der Waals surface area contributed by atoms with Crippen LogP contribution in [0.25, 0.3) is 0 Å². The molecular weight excluding hydrogens is 707 g/mol. The molecule has 1 amide bonds. The lowest BCUT2D eigenvalue weighted by atomic mass is 10.0. The molecule has 6 heteroatoms. The third-order valence-electron chi connectivity index (χ3n) is 11.8. The maximum absolute atomic E-state index is 13.1. The van der Waals surface area contributed by atoms with E-state index in [2.05, 4.69) is 38.2 Å². The number of amides is 1. The summed E-state index contributed by atoms with van der Waals surface area (Å²) >= 11 is 0. The van der Waals surface area contributed by atoms with Gasteiger partial charge in [0, 0.05) is 6.42 Å². The molecule has 0 saturated heterocycles. The summed E-state index contributed by atoms with van der Waals surface area (Å²) in [6.45, 7) is 6.45. The molecule has 3 N–H and O–H groups in total. The van der Waals surface area contributed by atoms with Crippen molar-refractivity contribution in [2.75, 3.05) is 6.61 Å². The number of unbranched alkanes of at least 4 members (excludes halogenated alkanes) is 32. The van der Waals surface area contributed by atoms with Crippen molar-refractivity contribution >= 4 is 11.9 Å². The van der Waals surface area contributed by atoms with E-state index in [1.54, 1.807) is 0 Å². The van der Waals surface area contributed by atoms with Crippen LogP contribution >= 0.6 is 0 Å². The molecule has 0 aliphatic rings.